The van der Waals surface area contributed by atoms with Gasteiger partial charge in [-0.3, -0.25) is 0 Å². The van der Waals surface area contributed by atoms with Crippen LogP contribution in [0.1, 0.15) is 0 Å². The molecule has 0 aromatic carbocycles. The standard InChI is InChI=1S/C2H2O4.Na.4H2O.Ti.H/c3-1(4)2(5)6;;;;;;;/h(H,3,4)(H,5,6);;4*1H2;;/q;;;;;;+4;/p-4. The third kappa shape index (κ3) is 46.8. The van der Waals surface area contributed by atoms with Crippen LogP contribution in [0, 0.1) is 0 Å². The van der Waals surface area contributed by atoms with Gasteiger partial charge in [0.25, 0.3) is 0 Å². The van der Waals surface area contributed by atoms with Gasteiger partial charge in [-0.05, 0) is 0 Å². The van der Waals surface area contributed by atoms with E-state index in [1.165, 1.54) is 0 Å². The van der Waals surface area contributed by atoms with E-state index in [9.17, 15) is 0 Å². The molecule has 0 atom stereocenters. The Hall–Kier alpha value is 0.494. The average molecular weight is 230 g/mol. The number of aliphatic carboxylic acids is 2. The van der Waals surface area contributed by atoms with Crippen LogP contribution < -0.4 is 0 Å². The number of hydrogen-bond acceptors (Lipinski definition) is 6. The first kappa shape index (κ1) is 18.3. The molecule has 0 aliphatic carbocycles. The molecule has 0 saturated heterocycles. The Kier molecular flexibility index (Phi) is 12.4. The Morgan fingerprint density at radius 1 is 0.833 bits per heavy atom. The van der Waals surface area contributed by atoms with E-state index < -0.39 is 30.1 Å². The summed E-state index contributed by atoms with van der Waals surface area (Å²) in [6.45, 7) is 0. The van der Waals surface area contributed by atoms with Crippen LogP contribution in [-0.4, -0.2) is 66.5 Å². The second-order valence-electron chi connectivity index (χ2n) is 1.21. The van der Waals surface area contributed by atoms with Gasteiger partial charge in [-0.1, -0.05) is 0 Å². The van der Waals surface area contributed by atoms with Crippen LogP contribution in [0.3, 0.4) is 0 Å². The van der Waals surface area contributed by atoms with E-state index in [1.54, 1.807) is 0 Å². The number of carboxylic acids is 2. The van der Waals surface area contributed by atoms with Crippen LogP contribution in [0.15, 0.2) is 0 Å². The number of carbonyl (C=O) groups is 2. The molecule has 0 unspecified atom stereocenters. The molecule has 0 aliphatic rings. The summed E-state index contributed by atoms with van der Waals surface area (Å²) >= 11 is -5.00. The van der Waals surface area contributed by atoms with Gasteiger partial charge in [0.2, 0.25) is 0 Å². The van der Waals surface area contributed by atoms with Crippen molar-refractivity contribution in [2.45, 2.75) is 0 Å². The van der Waals surface area contributed by atoms with E-state index in [0.717, 1.165) is 0 Å². The number of rotatable bonds is 0. The van der Waals surface area contributed by atoms with Crippen molar-refractivity contribution in [3.05, 3.63) is 0 Å². The zero-order valence-corrected chi connectivity index (χ0v) is 6.56. The van der Waals surface area contributed by atoms with Crippen LogP contribution in [0.5, 0.6) is 0 Å². The van der Waals surface area contributed by atoms with Gasteiger partial charge in [0.1, 0.15) is 0 Å². The van der Waals surface area contributed by atoms with E-state index in [2.05, 4.69) is 0 Å². The molecule has 0 fully saturated rings. The Morgan fingerprint density at radius 3 is 0.917 bits per heavy atom. The fourth-order valence-electron chi connectivity index (χ4n) is 0. The molecule has 0 bridgehead atoms. The molecule has 0 saturated carbocycles. The van der Waals surface area contributed by atoms with Gasteiger partial charge in [0, 0.05) is 0 Å². The predicted molar refractivity (Wildman–Crippen MR) is 31.3 cm³/mol. The van der Waals surface area contributed by atoms with Crippen molar-refractivity contribution >= 4 is 41.5 Å². The quantitative estimate of drug-likeness (QED) is 0.183. The van der Waals surface area contributed by atoms with Crippen molar-refractivity contribution in [1.82, 2.24) is 0 Å². The Labute approximate surface area is 93.6 Å². The van der Waals surface area contributed by atoms with E-state index in [1.807, 2.05) is 0 Å². The summed E-state index contributed by atoms with van der Waals surface area (Å²) in [5.74, 6) is -3.65. The second-order valence-corrected chi connectivity index (χ2v) is 3.08. The fraction of sp³-hybridized carbons (Fsp3) is 0. The molecule has 0 radical (unpaired) electrons. The summed E-state index contributed by atoms with van der Waals surface area (Å²) in [6, 6.07) is 0. The molecule has 8 nitrogen and oxygen atoms in total. The molecule has 0 spiro atoms. The summed E-state index contributed by atoms with van der Waals surface area (Å²) in [6.07, 6.45) is 0. The van der Waals surface area contributed by atoms with E-state index >= 15 is 0 Å². The van der Waals surface area contributed by atoms with E-state index in [0.29, 0.717) is 0 Å². The van der Waals surface area contributed by atoms with Gasteiger partial charge < -0.3 is 10.2 Å². The van der Waals surface area contributed by atoms with Crippen molar-refractivity contribution in [3.8, 4) is 0 Å². The topological polar surface area (TPSA) is 156 Å². The summed E-state index contributed by atoms with van der Waals surface area (Å²) in [7, 11) is 0. The molecule has 0 heterocycles. The molecule has 12 heavy (non-hydrogen) atoms. The predicted octanol–water partition coefficient (Wildman–Crippen LogP) is -3.72. The number of carboxylic acid groups (broad SMARTS) is 2. The second kappa shape index (κ2) is 8.11. The molecular formula is C2H7NaO8Ti. The molecular weight excluding hydrogens is 223 g/mol. The minimum atomic E-state index is -5.00. The normalized spacial score (nSPS) is 8.67. The van der Waals surface area contributed by atoms with Gasteiger partial charge in [-0.25, -0.2) is 9.59 Å². The minimum absolute atomic E-state index is 0. The average Bonchev–Trinajstić information content (AvgIpc) is 1.59. The first-order valence-electron chi connectivity index (χ1n) is 2.00. The Morgan fingerprint density at radius 2 is 0.917 bits per heavy atom. The van der Waals surface area contributed by atoms with Crippen LogP contribution in [0.4, 0.5) is 0 Å². The molecule has 10 heteroatoms. The molecule has 0 aromatic rings. The molecule has 0 amide bonds. The fourth-order valence-corrected chi connectivity index (χ4v) is 0. The van der Waals surface area contributed by atoms with Crippen LogP contribution >= 0.6 is 0 Å². The zero-order chi connectivity index (χ0) is 9.65. The molecule has 0 aromatic heterocycles. The Balaban J connectivity index is -0.000000126. The SMILES string of the molecule is O=C(O)C(=O)O.[NaH].[OH][Ti]([OH])([OH])[OH]. The Bertz CT molecular complexity index is 132. The van der Waals surface area contributed by atoms with Crippen molar-refractivity contribution in [1.29, 1.82) is 0 Å². The van der Waals surface area contributed by atoms with Crippen LogP contribution in [0.2, 0.25) is 0 Å². The summed E-state index contributed by atoms with van der Waals surface area (Å²) in [4.78, 5) is 18.2. The molecule has 6 N–H and O–H groups in total. The number of hydrogen-bond donors (Lipinski definition) is 6. The molecule has 0 rings (SSSR count). The van der Waals surface area contributed by atoms with Crippen molar-refractivity contribution in [3.63, 3.8) is 0 Å². The van der Waals surface area contributed by atoms with Crippen molar-refractivity contribution in [2.75, 3.05) is 0 Å². The monoisotopic (exact) mass is 230 g/mol. The molecule has 0 aliphatic heterocycles. The third-order valence-electron chi connectivity index (χ3n) is 0.183. The first-order valence-corrected chi connectivity index (χ1v) is 4.79. The summed E-state index contributed by atoms with van der Waals surface area (Å²) < 4.78 is 29.5. The molecule has 68 valence electrons. The summed E-state index contributed by atoms with van der Waals surface area (Å²) in [5.41, 5.74) is 0. The van der Waals surface area contributed by atoms with Gasteiger partial charge in [0.15, 0.2) is 0 Å². The van der Waals surface area contributed by atoms with Crippen molar-refractivity contribution < 1.29 is 52.7 Å². The van der Waals surface area contributed by atoms with Gasteiger partial charge in [0.05, 0.1) is 0 Å². The van der Waals surface area contributed by atoms with Gasteiger partial charge >= 0.3 is 74.4 Å². The third-order valence-corrected chi connectivity index (χ3v) is 0.183. The van der Waals surface area contributed by atoms with Gasteiger partial charge in [-0.2, -0.15) is 0 Å². The van der Waals surface area contributed by atoms with Crippen LogP contribution in [0.25, 0.3) is 0 Å². The van der Waals surface area contributed by atoms with E-state index in [-0.39, 0.29) is 29.6 Å². The van der Waals surface area contributed by atoms with Crippen LogP contribution in [-0.2, 0) is 27.7 Å². The maximum absolute atomic E-state index is 9.10. The zero-order valence-electron chi connectivity index (χ0n) is 5.00. The first-order chi connectivity index (χ1) is 4.64. The maximum atomic E-state index is 9.10. The van der Waals surface area contributed by atoms with E-state index in [4.69, 9.17) is 34.6 Å². The van der Waals surface area contributed by atoms with Gasteiger partial charge in [-0.15, -0.1) is 0 Å². The van der Waals surface area contributed by atoms with Crippen molar-refractivity contribution in [2.24, 2.45) is 0 Å². The summed E-state index contributed by atoms with van der Waals surface area (Å²) in [5, 5.41) is 14.8.